The summed E-state index contributed by atoms with van der Waals surface area (Å²) in [5, 5.41) is 2.81. The quantitative estimate of drug-likeness (QED) is 0.776. The van der Waals surface area contributed by atoms with Crippen LogP contribution in [-0.4, -0.2) is 43.3 Å². The van der Waals surface area contributed by atoms with Crippen molar-refractivity contribution in [2.24, 2.45) is 0 Å². The maximum atomic E-state index is 11.3. The molecule has 0 radical (unpaired) electrons. The van der Waals surface area contributed by atoms with Crippen molar-refractivity contribution in [1.29, 1.82) is 0 Å². The summed E-state index contributed by atoms with van der Waals surface area (Å²) in [5.41, 5.74) is 0. The summed E-state index contributed by atoms with van der Waals surface area (Å²) >= 11 is 0. The molecule has 1 aliphatic heterocycles. The van der Waals surface area contributed by atoms with Gasteiger partial charge in [0.1, 0.15) is 0 Å². The van der Waals surface area contributed by atoms with Crippen molar-refractivity contribution in [3.8, 4) is 0 Å². The average Bonchev–Trinajstić information content (AvgIpc) is 2.15. The zero-order chi connectivity index (χ0) is 11.3. The van der Waals surface area contributed by atoms with Gasteiger partial charge in [-0.3, -0.25) is 0 Å². The standard InChI is InChI=1S/C11H22N2O2/c1-9(2)15-11(14)12-8-10-6-4-5-7-13(10)3/h9-10H,4-8H2,1-3H3,(H,12,14). The van der Waals surface area contributed by atoms with Crippen LogP contribution in [0, 0.1) is 0 Å². The highest BCUT2D eigenvalue weighted by Crippen LogP contribution is 2.13. The number of piperidine rings is 1. The Hall–Kier alpha value is -0.770. The Balaban J connectivity index is 2.20. The number of nitrogens with zero attached hydrogens (tertiary/aromatic N) is 1. The van der Waals surface area contributed by atoms with Gasteiger partial charge in [0.25, 0.3) is 0 Å². The summed E-state index contributed by atoms with van der Waals surface area (Å²) in [5.74, 6) is 0. The molecule has 0 aliphatic carbocycles. The van der Waals surface area contributed by atoms with Gasteiger partial charge in [0, 0.05) is 12.6 Å². The summed E-state index contributed by atoms with van der Waals surface area (Å²) in [6.45, 7) is 5.53. The van der Waals surface area contributed by atoms with Crippen LogP contribution < -0.4 is 5.32 Å². The molecule has 1 N–H and O–H groups in total. The normalized spacial score (nSPS) is 22.8. The molecule has 1 unspecified atom stereocenters. The van der Waals surface area contributed by atoms with Crippen LogP contribution in [0.5, 0.6) is 0 Å². The van der Waals surface area contributed by atoms with Gasteiger partial charge >= 0.3 is 6.09 Å². The predicted octanol–water partition coefficient (Wildman–Crippen LogP) is 1.61. The van der Waals surface area contributed by atoms with E-state index in [-0.39, 0.29) is 12.2 Å². The van der Waals surface area contributed by atoms with E-state index in [1.54, 1.807) is 0 Å². The van der Waals surface area contributed by atoms with E-state index in [4.69, 9.17) is 4.74 Å². The molecular formula is C11H22N2O2. The van der Waals surface area contributed by atoms with Crippen molar-refractivity contribution in [2.45, 2.75) is 45.3 Å². The van der Waals surface area contributed by atoms with Gasteiger partial charge in [0.2, 0.25) is 0 Å². The Morgan fingerprint density at radius 1 is 1.53 bits per heavy atom. The first kappa shape index (κ1) is 12.3. The molecule has 0 aromatic rings. The van der Waals surface area contributed by atoms with E-state index < -0.39 is 0 Å². The molecule has 4 nitrogen and oxygen atoms in total. The molecular weight excluding hydrogens is 192 g/mol. The number of hydrogen-bond donors (Lipinski definition) is 1. The van der Waals surface area contributed by atoms with Crippen molar-refractivity contribution >= 4 is 6.09 Å². The Morgan fingerprint density at radius 3 is 2.87 bits per heavy atom. The third kappa shape index (κ3) is 4.51. The lowest BCUT2D eigenvalue weighted by Crippen LogP contribution is -2.44. The van der Waals surface area contributed by atoms with Crippen LogP contribution in [0.2, 0.25) is 0 Å². The fourth-order valence-electron chi connectivity index (χ4n) is 1.86. The van der Waals surface area contributed by atoms with Crippen molar-refractivity contribution in [3.05, 3.63) is 0 Å². The lowest BCUT2D eigenvalue weighted by molar-refractivity contribution is 0.109. The van der Waals surface area contributed by atoms with Crippen LogP contribution in [-0.2, 0) is 4.74 Å². The van der Waals surface area contributed by atoms with Crippen molar-refractivity contribution in [1.82, 2.24) is 10.2 Å². The van der Waals surface area contributed by atoms with E-state index in [1.165, 1.54) is 19.3 Å². The van der Waals surface area contributed by atoms with Gasteiger partial charge in [-0.15, -0.1) is 0 Å². The van der Waals surface area contributed by atoms with Gasteiger partial charge in [-0.2, -0.15) is 0 Å². The van der Waals surface area contributed by atoms with Crippen molar-refractivity contribution in [3.63, 3.8) is 0 Å². The topological polar surface area (TPSA) is 41.6 Å². The number of carbonyl (C=O) groups is 1. The summed E-state index contributed by atoms with van der Waals surface area (Å²) < 4.78 is 5.01. The molecule has 0 aromatic carbocycles. The Bertz CT molecular complexity index is 207. The van der Waals surface area contributed by atoms with Crippen LogP contribution in [0.15, 0.2) is 0 Å². The van der Waals surface area contributed by atoms with E-state index in [0.29, 0.717) is 12.6 Å². The van der Waals surface area contributed by atoms with Crippen LogP contribution in [0.3, 0.4) is 0 Å². The van der Waals surface area contributed by atoms with Crippen LogP contribution in [0.25, 0.3) is 0 Å². The van der Waals surface area contributed by atoms with E-state index in [9.17, 15) is 4.79 Å². The molecule has 0 bridgehead atoms. The van der Waals surface area contributed by atoms with Gasteiger partial charge in [-0.25, -0.2) is 4.79 Å². The molecule has 1 amide bonds. The maximum Gasteiger partial charge on any atom is 0.407 e. The summed E-state index contributed by atoms with van der Waals surface area (Å²) in [4.78, 5) is 13.6. The van der Waals surface area contributed by atoms with Crippen molar-refractivity contribution < 1.29 is 9.53 Å². The molecule has 0 saturated carbocycles. The highest BCUT2D eigenvalue weighted by atomic mass is 16.6. The van der Waals surface area contributed by atoms with Crippen LogP contribution >= 0.6 is 0 Å². The summed E-state index contributed by atoms with van der Waals surface area (Å²) in [6, 6.07) is 0.471. The van der Waals surface area contributed by atoms with Gasteiger partial charge < -0.3 is 15.0 Å². The van der Waals surface area contributed by atoms with Gasteiger partial charge in [0.05, 0.1) is 6.10 Å². The number of ether oxygens (including phenoxy) is 1. The van der Waals surface area contributed by atoms with E-state index in [2.05, 4.69) is 17.3 Å². The smallest absolute Gasteiger partial charge is 0.407 e. The summed E-state index contributed by atoms with van der Waals surface area (Å²) in [7, 11) is 2.11. The third-order valence-corrected chi connectivity index (χ3v) is 2.75. The predicted molar refractivity (Wildman–Crippen MR) is 59.9 cm³/mol. The van der Waals surface area contributed by atoms with E-state index in [0.717, 1.165) is 6.54 Å². The zero-order valence-corrected chi connectivity index (χ0v) is 9.95. The van der Waals surface area contributed by atoms with E-state index >= 15 is 0 Å². The first-order valence-corrected chi connectivity index (χ1v) is 5.74. The molecule has 88 valence electrons. The zero-order valence-electron chi connectivity index (χ0n) is 9.95. The first-order chi connectivity index (χ1) is 7.09. The van der Waals surface area contributed by atoms with Crippen LogP contribution in [0.4, 0.5) is 4.79 Å². The Labute approximate surface area is 92.0 Å². The highest BCUT2D eigenvalue weighted by Gasteiger charge is 2.19. The van der Waals surface area contributed by atoms with Gasteiger partial charge in [0.15, 0.2) is 0 Å². The molecule has 15 heavy (non-hydrogen) atoms. The number of nitrogens with one attached hydrogen (secondary N) is 1. The minimum Gasteiger partial charge on any atom is -0.447 e. The van der Waals surface area contributed by atoms with Crippen molar-refractivity contribution in [2.75, 3.05) is 20.1 Å². The second-order valence-electron chi connectivity index (χ2n) is 4.47. The van der Waals surface area contributed by atoms with E-state index in [1.807, 2.05) is 13.8 Å². The number of likely N-dealkylation sites (tertiary alicyclic amines) is 1. The number of alkyl carbamates (subject to hydrolysis) is 1. The fourth-order valence-corrected chi connectivity index (χ4v) is 1.86. The molecule has 1 rings (SSSR count). The monoisotopic (exact) mass is 214 g/mol. The molecule has 1 aliphatic rings. The summed E-state index contributed by atoms with van der Waals surface area (Å²) in [6.07, 6.45) is 3.34. The SMILES string of the molecule is CC(C)OC(=O)NCC1CCCCN1C. The number of likely N-dealkylation sites (N-methyl/N-ethyl adjacent to an activating group) is 1. The molecule has 1 atom stereocenters. The average molecular weight is 214 g/mol. The number of hydrogen-bond acceptors (Lipinski definition) is 3. The second kappa shape index (κ2) is 5.95. The maximum absolute atomic E-state index is 11.3. The van der Waals surface area contributed by atoms with Gasteiger partial charge in [-0.05, 0) is 40.3 Å². The first-order valence-electron chi connectivity index (χ1n) is 5.74. The molecule has 1 fully saturated rings. The lowest BCUT2D eigenvalue weighted by Gasteiger charge is -2.32. The lowest BCUT2D eigenvalue weighted by atomic mass is 10.0. The number of amides is 1. The highest BCUT2D eigenvalue weighted by molar-refractivity contribution is 5.67. The minimum atomic E-state index is -0.302. The second-order valence-corrected chi connectivity index (χ2v) is 4.47. The molecule has 1 saturated heterocycles. The molecule has 1 heterocycles. The molecule has 0 aromatic heterocycles. The molecule has 4 heteroatoms. The Kier molecular flexibility index (Phi) is 4.88. The van der Waals surface area contributed by atoms with Gasteiger partial charge in [-0.1, -0.05) is 6.42 Å². The minimum absolute atomic E-state index is 0.0471. The largest absolute Gasteiger partial charge is 0.447 e. The fraction of sp³-hybridized carbons (Fsp3) is 0.909. The number of carbonyl (C=O) groups excluding carboxylic acids is 1. The Morgan fingerprint density at radius 2 is 2.27 bits per heavy atom. The number of rotatable bonds is 3. The molecule has 0 spiro atoms. The third-order valence-electron chi connectivity index (χ3n) is 2.75. The van der Waals surface area contributed by atoms with Crippen LogP contribution in [0.1, 0.15) is 33.1 Å².